The van der Waals surface area contributed by atoms with E-state index >= 15 is 0 Å². The first-order valence-corrected chi connectivity index (χ1v) is 7.50. The standard InChI is InChI=1S/C14H28N2O2/c1-16(12-13-6-2-4-8-15-13)9-11-18-14-7-3-5-10-17-14/h13-15H,2-12H2,1H3. The summed E-state index contributed by atoms with van der Waals surface area (Å²) in [6.07, 6.45) is 7.57. The molecule has 1 N–H and O–H groups in total. The van der Waals surface area contributed by atoms with E-state index in [2.05, 4.69) is 17.3 Å². The Morgan fingerprint density at radius 2 is 2.11 bits per heavy atom. The molecule has 0 aromatic heterocycles. The molecule has 0 bridgehead atoms. The molecule has 0 spiro atoms. The summed E-state index contributed by atoms with van der Waals surface area (Å²) < 4.78 is 11.3. The molecule has 0 radical (unpaired) electrons. The Balaban J connectivity index is 1.52. The predicted molar refractivity (Wildman–Crippen MR) is 72.7 cm³/mol. The molecule has 0 aromatic rings. The summed E-state index contributed by atoms with van der Waals surface area (Å²) in [7, 11) is 2.18. The fourth-order valence-corrected chi connectivity index (χ4v) is 2.73. The van der Waals surface area contributed by atoms with Gasteiger partial charge in [-0.2, -0.15) is 0 Å². The van der Waals surface area contributed by atoms with Crippen LogP contribution in [0.4, 0.5) is 0 Å². The van der Waals surface area contributed by atoms with E-state index in [4.69, 9.17) is 9.47 Å². The highest BCUT2D eigenvalue weighted by atomic mass is 16.7. The molecule has 4 nitrogen and oxygen atoms in total. The summed E-state index contributed by atoms with van der Waals surface area (Å²) in [4.78, 5) is 2.37. The Labute approximate surface area is 111 Å². The molecule has 0 saturated carbocycles. The van der Waals surface area contributed by atoms with E-state index < -0.39 is 0 Å². The molecule has 2 atom stereocenters. The summed E-state index contributed by atoms with van der Waals surface area (Å²) in [6, 6.07) is 0.676. The van der Waals surface area contributed by atoms with Gasteiger partial charge in [-0.15, -0.1) is 0 Å². The molecule has 18 heavy (non-hydrogen) atoms. The number of nitrogens with zero attached hydrogens (tertiary/aromatic N) is 1. The molecule has 2 unspecified atom stereocenters. The van der Waals surface area contributed by atoms with Gasteiger partial charge in [0.05, 0.1) is 6.61 Å². The van der Waals surface area contributed by atoms with Crippen molar-refractivity contribution in [1.29, 1.82) is 0 Å². The third kappa shape index (κ3) is 5.22. The lowest BCUT2D eigenvalue weighted by Crippen LogP contribution is -2.43. The quantitative estimate of drug-likeness (QED) is 0.783. The van der Waals surface area contributed by atoms with Crippen LogP contribution in [0.1, 0.15) is 38.5 Å². The molecule has 2 fully saturated rings. The molecule has 106 valence electrons. The van der Waals surface area contributed by atoms with Crippen LogP contribution in [0.15, 0.2) is 0 Å². The van der Waals surface area contributed by atoms with Gasteiger partial charge >= 0.3 is 0 Å². The zero-order valence-corrected chi connectivity index (χ0v) is 11.7. The van der Waals surface area contributed by atoms with Crippen molar-refractivity contribution in [1.82, 2.24) is 10.2 Å². The minimum absolute atomic E-state index is 0.0555. The van der Waals surface area contributed by atoms with Crippen molar-refractivity contribution in [2.45, 2.75) is 50.9 Å². The highest BCUT2D eigenvalue weighted by Crippen LogP contribution is 2.13. The Bertz CT molecular complexity index is 214. The SMILES string of the molecule is CN(CCOC1CCCCO1)CC1CCCCN1. The highest BCUT2D eigenvalue weighted by molar-refractivity contribution is 4.74. The second-order valence-electron chi connectivity index (χ2n) is 5.58. The summed E-state index contributed by atoms with van der Waals surface area (Å²) in [6.45, 7) is 4.97. The minimum atomic E-state index is 0.0555. The number of piperidine rings is 1. The number of ether oxygens (including phenoxy) is 2. The first-order chi connectivity index (χ1) is 8.84. The van der Waals surface area contributed by atoms with Crippen LogP contribution in [-0.4, -0.2) is 57.1 Å². The Hall–Kier alpha value is -0.160. The third-order valence-electron chi connectivity index (χ3n) is 3.86. The molecule has 4 heteroatoms. The zero-order chi connectivity index (χ0) is 12.6. The van der Waals surface area contributed by atoms with Crippen molar-refractivity contribution in [3.8, 4) is 0 Å². The number of rotatable bonds is 6. The lowest BCUT2D eigenvalue weighted by atomic mass is 10.0. The first-order valence-electron chi connectivity index (χ1n) is 7.50. The summed E-state index contributed by atoms with van der Waals surface area (Å²) in [5.41, 5.74) is 0. The maximum atomic E-state index is 5.76. The number of hydrogen-bond donors (Lipinski definition) is 1. The second kappa shape index (κ2) is 8.10. The van der Waals surface area contributed by atoms with E-state index in [-0.39, 0.29) is 6.29 Å². The van der Waals surface area contributed by atoms with Crippen LogP contribution in [0.5, 0.6) is 0 Å². The van der Waals surface area contributed by atoms with Gasteiger partial charge in [0.2, 0.25) is 0 Å². The van der Waals surface area contributed by atoms with Crippen molar-refractivity contribution in [2.24, 2.45) is 0 Å². The zero-order valence-electron chi connectivity index (χ0n) is 11.7. The van der Waals surface area contributed by atoms with Crippen molar-refractivity contribution in [3.63, 3.8) is 0 Å². The second-order valence-corrected chi connectivity index (χ2v) is 5.58. The van der Waals surface area contributed by atoms with Gasteiger partial charge in [-0.05, 0) is 45.7 Å². The fourth-order valence-electron chi connectivity index (χ4n) is 2.73. The van der Waals surface area contributed by atoms with Gasteiger partial charge < -0.3 is 19.7 Å². The van der Waals surface area contributed by atoms with Gasteiger partial charge in [-0.1, -0.05) is 6.42 Å². The summed E-state index contributed by atoms with van der Waals surface area (Å²) in [5, 5.41) is 3.58. The third-order valence-corrected chi connectivity index (χ3v) is 3.86. The van der Waals surface area contributed by atoms with Gasteiger partial charge in [0.25, 0.3) is 0 Å². The van der Waals surface area contributed by atoms with Gasteiger partial charge in [0, 0.05) is 25.7 Å². The van der Waals surface area contributed by atoms with E-state index in [1.54, 1.807) is 0 Å². The van der Waals surface area contributed by atoms with Gasteiger partial charge in [0.15, 0.2) is 6.29 Å². The number of likely N-dealkylation sites (N-methyl/N-ethyl adjacent to an activating group) is 1. The minimum Gasteiger partial charge on any atom is -0.353 e. The van der Waals surface area contributed by atoms with E-state index in [1.807, 2.05) is 0 Å². The lowest BCUT2D eigenvalue weighted by Gasteiger charge is -2.29. The number of hydrogen-bond acceptors (Lipinski definition) is 4. The molecule has 2 saturated heterocycles. The first kappa shape index (κ1) is 14.3. The van der Waals surface area contributed by atoms with Gasteiger partial charge in [0.1, 0.15) is 0 Å². The Morgan fingerprint density at radius 3 is 2.83 bits per heavy atom. The molecule has 0 amide bonds. The van der Waals surface area contributed by atoms with E-state index in [0.717, 1.165) is 32.7 Å². The fraction of sp³-hybridized carbons (Fsp3) is 1.00. The van der Waals surface area contributed by atoms with Crippen LogP contribution < -0.4 is 5.32 Å². The lowest BCUT2D eigenvalue weighted by molar-refractivity contribution is -0.163. The summed E-state index contributed by atoms with van der Waals surface area (Å²) >= 11 is 0. The molecule has 2 heterocycles. The van der Waals surface area contributed by atoms with Crippen molar-refractivity contribution in [2.75, 3.05) is 39.9 Å². The average Bonchev–Trinajstić information content (AvgIpc) is 2.41. The van der Waals surface area contributed by atoms with Crippen molar-refractivity contribution < 1.29 is 9.47 Å². The highest BCUT2D eigenvalue weighted by Gasteiger charge is 2.16. The normalized spacial score (nSPS) is 29.7. The molecular weight excluding hydrogens is 228 g/mol. The smallest absolute Gasteiger partial charge is 0.157 e. The molecule has 2 rings (SSSR count). The number of nitrogens with one attached hydrogen (secondary N) is 1. The monoisotopic (exact) mass is 256 g/mol. The van der Waals surface area contributed by atoms with Crippen LogP contribution >= 0.6 is 0 Å². The van der Waals surface area contributed by atoms with Crippen LogP contribution in [0.2, 0.25) is 0 Å². The molecular formula is C14H28N2O2. The Kier molecular flexibility index (Phi) is 6.41. The van der Waals surface area contributed by atoms with E-state index in [9.17, 15) is 0 Å². The summed E-state index contributed by atoms with van der Waals surface area (Å²) in [5.74, 6) is 0. The van der Waals surface area contributed by atoms with Crippen LogP contribution in [0.3, 0.4) is 0 Å². The van der Waals surface area contributed by atoms with Crippen LogP contribution in [-0.2, 0) is 9.47 Å². The predicted octanol–water partition coefficient (Wildman–Crippen LogP) is 1.60. The maximum absolute atomic E-state index is 5.76. The average molecular weight is 256 g/mol. The topological polar surface area (TPSA) is 33.7 Å². The molecule has 2 aliphatic rings. The molecule has 0 aliphatic carbocycles. The van der Waals surface area contributed by atoms with Gasteiger partial charge in [-0.3, -0.25) is 0 Å². The Morgan fingerprint density at radius 1 is 1.22 bits per heavy atom. The van der Waals surface area contributed by atoms with Gasteiger partial charge in [-0.25, -0.2) is 0 Å². The van der Waals surface area contributed by atoms with Crippen molar-refractivity contribution in [3.05, 3.63) is 0 Å². The van der Waals surface area contributed by atoms with E-state index in [0.29, 0.717) is 6.04 Å². The van der Waals surface area contributed by atoms with Crippen LogP contribution in [0, 0.1) is 0 Å². The largest absolute Gasteiger partial charge is 0.353 e. The maximum Gasteiger partial charge on any atom is 0.157 e. The van der Waals surface area contributed by atoms with E-state index in [1.165, 1.54) is 38.6 Å². The van der Waals surface area contributed by atoms with Crippen molar-refractivity contribution >= 4 is 0 Å². The molecule has 0 aromatic carbocycles. The molecule has 2 aliphatic heterocycles. The van der Waals surface area contributed by atoms with Crippen LogP contribution in [0.25, 0.3) is 0 Å².